The largest absolute Gasteiger partial charge is 0.455 e. The highest BCUT2D eigenvalue weighted by Gasteiger charge is 2.20. The Balaban J connectivity index is 1.11. The maximum absolute atomic E-state index is 6.79. The van der Waals surface area contributed by atoms with Gasteiger partial charge in [0.1, 0.15) is 11.2 Å². The van der Waals surface area contributed by atoms with Crippen LogP contribution in [0.5, 0.6) is 0 Å². The second-order valence-electron chi connectivity index (χ2n) is 13.9. The van der Waals surface area contributed by atoms with Crippen LogP contribution in [-0.2, 0) is 6.42 Å². The Labute approximate surface area is 301 Å². The summed E-state index contributed by atoms with van der Waals surface area (Å²) in [4.78, 5) is 0. The van der Waals surface area contributed by atoms with E-state index in [1.807, 2.05) is 0 Å². The summed E-state index contributed by atoms with van der Waals surface area (Å²) in [5, 5.41) is 12.3. The molecule has 10 aromatic rings. The van der Waals surface area contributed by atoms with Crippen molar-refractivity contribution in [1.29, 1.82) is 0 Å². The molecule has 0 bridgehead atoms. The summed E-state index contributed by atoms with van der Waals surface area (Å²) in [5.41, 5.74) is 11.8. The van der Waals surface area contributed by atoms with Crippen LogP contribution in [0.3, 0.4) is 0 Å². The predicted octanol–water partition coefficient (Wildman–Crippen LogP) is 14.3. The zero-order chi connectivity index (χ0) is 34.2. The third kappa shape index (κ3) is 4.36. The lowest BCUT2D eigenvalue weighted by Crippen LogP contribution is -1.91. The van der Waals surface area contributed by atoms with Crippen molar-refractivity contribution in [2.45, 2.75) is 6.42 Å². The van der Waals surface area contributed by atoms with Gasteiger partial charge in [0.25, 0.3) is 0 Å². The summed E-state index contributed by atoms with van der Waals surface area (Å²) >= 11 is 0. The van der Waals surface area contributed by atoms with Gasteiger partial charge in [-0.05, 0) is 113 Å². The molecule has 0 spiro atoms. The molecule has 0 fully saturated rings. The topological polar surface area (TPSA) is 13.1 Å². The first-order valence-electron chi connectivity index (χ1n) is 18.1. The molecule has 0 radical (unpaired) electrons. The van der Waals surface area contributed by atoms with Gasteiger partial charge >= 0.3 is 0 Å². The second-order valence-corrected chi connectivity index (χ2v) is 13.9. The molecule has 1 aromatic heterocycles. The van der Waals surface area contributed by atoms with Crippen LogP contribution in [0.2, 0.25) is 0 Å². The molecule has 242 valence electrons. The van der Waals surface area contributed by atoms with Crippen LogP contribution >= 0.6 is 0 Å². The molecule has 9 aromatic carbocycles. The minimum atomic E-state index is 0.906. The molecule has 1 nitrogen and oxygen atoms in total. The number of benzene rings is 9. The maximum Gasteiger partial charge on any atom is 0.143 e. The lowest BCUT2D eigenvalue weighted by atomic mass is 9.85. The van der Waals surface area contributed by atoms with Crippen LogP contribution < -0.4 is 0 Å². The molecule has 0 saturated carbocycles. The fourth-order valence-electron chi connectivity index (χ4n) is 8.74. The number of rotatable bonds is 3. The molecule has 0 unspecified atom stereocenters. The Kier molecular flexibility index (Phi) is 6.38. The summed E-state index contributed by atoms with van der Waals surface area (Å²) in [6, 6.07) is 57.7. The molecule has 0 aliphatic heterocycles. The van der Waals surface area contributed by atoms with Crippen LogP contribution in [0.25, 0.3) is 104 Å². The quantitative estimate of drug-likeness (QED) is 0.172. The van der Waals surface area contributed by atoms with Crippen molar-refractivity contribution in [2.75, 3.05) is 0 Å². The van der Waals surface area contributed by atoms with Crippen molar-refractivity contribution >= 4 is 71.1 Å². The summed E-state index contributed by atoms with van der Waals surface area (Å²) < 4.78 is 6.79. The number of allylic oxidation sites excluding steroid dienone is 3. The van der Waals surface area contributed by atoms with Gasteiger partial charge in [-0.15, -0.1) is 0 Å². The van der Waals surface area contributed by atoms with Crippen molar-refractivity contribution in [3.05, 3.63) is 187 Å². The lowest BCUT2D eigenvalue weighted by molar-refractivity contribution is 0.672. The van der Waals surface area contributed by atoms with Crippen LogP contribution in [0, 0.1) is 0 Å². The zero-order valence-corrected chi connectivity index (χ0v) is 28.4. The van der Waals surface area contributed by atoms with Gasteiger partial charge in [-0.1, -0.05) is 158 Å². The molecule has 1 heterocycles. The summed E-state index contributed by atoms with van der Waals surface area (Å²) in [5.74, 6) is 0. The normalized spacial score (nSPS) is 12.8. The van der Waals surface area contributed by atoms with Crippen molar-refractivity contribution in [1.82, 2.24) is 0 Å². The molecule has 11 rings (SSSR count). The minimum Gasteiger partial charge on any atom is -0.455 e. The van der Waals surface area contributed by atoms with Crippen molar-refractivity contribution in [2.24, 2.45) is 0 Å². The Morgan fingerprint density at radius 3 is 1.75 bits per heavy atom. The molecular formula is C51H32O. The van der Waals surface area contributed by atoms with Crippen LogP contribution in [-0.4, -0.2) is 0 Å². The highest BCUT2D eigenvalue weighted by atomic mass is 16.3. The first-order valence-corrected chi connectivity index (χ1v) is 18.1. The number of hydrogen-bond acceptors (Lipinski definition) is 1. The van der Waals surface area contributed by atoms with Gasteiger partial charge in [0.2, 0.25) is 0 Å². The van der Waals surface area contributed by atoms with Crippen LogP contribution in [0.15, 0.2) is 180 Å². The van der Waals surface area contributed by atoms with E-state index >= 15 is 0 Å². The molecular weight excluding hydrogens is 629 g/mol. The summed E-state index contributed by atoms with van der Waals surface area (Å²) in [6.45, 7) is 0. The lowest BCUT2D eigenvalue weighted by Gasteiger charge is -2.18. The maximum atomic E-state index is 6.79. The molecule has 0 amide bonds. The smallest absolute Gasteiger partial charge is 0.143 e. The SMILES string of the molecule is C1=CCc2c(c3c4ccc(-c5cccc(-c6c7ccccc7c(-c7ccc8ccccc8c7)c7ccccc67)c5)cc4oc3c3ccccc23)C=C1. The average Bonchev–Trinajstić information content (AvgIpc) is 3.41. The molecule has 0 N–H and O–H groups in total. The monoisotopic (exact) mass is 660 g/mol. The minimum absolute atomic E-state index is 0.906. The first kappa shape index (κ1) is 29.1. The van der Waals surface area contributed by atoms with Gasteiger partial charge in [-0.3, -0.25) is 0 Å². The van der Waals surface area contributed by atoms with Crippen LogP contribution in [0.1, 0.15) is 11.1 Å². The summed E-state index contributed by atoms with van der Waals surface area (Å²) in [6.07, 6.45) is 9.71. The van der Waals surface area contributed by atoms with Crippen LogP contribution in [0.4, 0.5) is 0 Å². The van der Waals surface area contributed by atoms with Gasteiger partial charge in [0.15, 0.2) is 0 Å². The third-order valence-corrected chi connectivity index (χ3v) is 11.1. The van der Waals surface area contributed by atoms with E-state index in [1.165, 1.54) is 87.4 Å². The van der Waals surface area contributed by atoms with E-state index in [1.54, 1.807) is 0 Å². The first-order chi connectivity index (χ1) is 25.8. The van der Waals surface area contributed by atoms with E-state index in [-0.39, 0.29) is 0 Å². The number of hydrogen-bond donors (Lipinski definition) is 0. The van der Waals surface area contributed by atoms with Gasteiger partial charge in [-0.25, -0.2) is 0 Å². The van der Waals surface area contributed by atoms with Gasteiger partial charge in [0, 0.05) is 16.2 Å². The Morgan fingerprint density at radius 2 is 1.00 bits per heavy atom. The van der Waals surface area contributed by atoms with Crippen molar-refractivity contribution < 1.29 is 4.42 Å². The molecule has 1 aliphatic carbocycles. The second kappa shape index (κ2) is 11.4. The molecule has 1 aliphatic rings. The molecule has 0 atom stereocenters. The van der Waals surface area contributed by atoms with E-state index in [2.05, 4.69) is 182 Å². The van der Waals surface area contributed by atoms with E-state index < -0.39 is 0 Å². The highest BCUT2D eigenvalue weighted by Crippen LogP contribution is 2.46. The van der Waals surface area contributed by atoms with Gasteiger partial charge < -0.3 is 4.42 Å². The van der Waals surface area contributed by atoms with E-state index in [9.17, 15) is 0 Å². The Hall–Kier alpha value is -6.70. The van der Waals surface area contributed by atoms with E-state index in [4.69, 9.17) is 4.42 Å². The standard InChI is InChI=1S/C51H32O/c1-2-17-38-39-18-6-11-24-45(39)51-50(40(38)19-3-1)46-28-27-35(31-47(46)52-51)34-15-12-16-36(30-34)48-41-20-7-9-22-43(41)49(44-23-10-8-21-42(44)48)37-26-25-32-13-4-5-14-33(32)29-37/h1-16,18-31H,17H2. The van der Waals surface area contributed by atoms with Crippen molar-refractivity contribution in [3.8, 4) is 33.4 Å². The third-order valence-electron chi connectivity index (χ3n) is 11.1. The van der Waals surface area contributed by atoms with E-state index in [0.29, 0.717) is 0 Å². The van der Waals surface area contributed by atoms with Gasteiger partial charge in [0.05, 0.1) is 0 Å². The number of fused-ring (bicyclic) bond motifs is 11. The predicted molar refractivity (Wildman–Crippen MR) is 222 cm³/mol. The molecule has 0 saturated heterocycles. The Morgan fingerprint density at radius 1 is 0.404 bits per heavy atom. The average molecular weight is 661 g/mol. The van der Waals surface area contributed by atoms with E-state index in [0.717, 1.165) is 28.5 Å². The number of furan rings is 1. The summed E-state index contributed by atoms with van der Waals surface area (Å²) in [7, 11) is 0. The van der Waals surface area contributed by atoms with Gasteiger partial charge in [-0.2, -0.15) is 0 Å². The Bertz CT molecular complexity index is 3090. The fourth-order valence-corrected chi connectivity index (χ4v) is 8.74. The fraction of sp³-hybridized carbons (Fsp3) is 0.0196. The highest BCUT2D eigenvalue weighted by molar-refractivity contribution is 6.22. The molecule has 52 heavy (non-hydrogen) atoms. The molecule has 1 heteroatoms. The zero-order valence-electron chi connectivity index (χ0n) is 28.4. The van der Waals surface area contributed by atoms with Crippen molar-refractivity contribution in [3.63, 3.8) is 0 Å².